The number of aliphatic imine (C=N–C) groups is 1. The van der Waals surface area contributed by atoms with E-state index in [1.807, 2.05) is 54.6 Å². The van der Waals surface area contributed by atoms with Crippen LogP contribution in [0.2, 0.25) is 0 Å². The zero-order valence-electron chi connectivity index (χ0n) is 13.2. The van der Waals surface area contributed by atoms with Crippen LogP contribution in [0.4, 0.5) is 22.7 Å². The van der Waals surface area contributed by atoms with Crippen LogP contribution >= 0.6 is 0 Å². The molecule has 0 bridgehead atoms. The predicted octanol–water partition coefficient (Wildman–Crippen LogP) is 4.79. The summed E-state index contributed by atoms with van der Waals surface area (Å²) in [6.45, 7) is 0. The summed E-state index contributed by atoms with van der Waals surface area (Å²) >= 11 is 0. The molecule has 0 fully saturated rings. The van der Waals surface area contributed by atoms with Crippen molar-refractivity contribution in [3.05, 3.63) is 88.5 Å². The fourth-order valence-corrected chi connectivity index (χ4v) is 2.24. The van der Waals surface area contributed by atoms with E-state index >= 15 is 0 Å². The smallest absolute Gasteiger partial charge is 0.311 e. The average molecular weight is 333 g/mol. The van der Waals surface area contributed by atoms with Crippen LogP contribution in [-0.4, -0.2) is 16.2 Å². The van der Waals surface area contributed by atoms with Gasteiger partial charge in [0, 0.05) is 23.7 Å². The predicted molar refractivity (Wildman–Crippen MR) is 98.2 cm³/mol. The summed E-state index contributed by atoms with van der Waals surface area (Å²) < 4.78 is 0. The van der Waals surface area contributed by atoms with E-state index in [1.54, 1.807) is 6.07 Å². The summed E-state index contributed by atoms with van der Waals surface area (Å²) in [5.41, 5.74) is 2.84. The first-order chi connectivity index (χ1) is 12.1. The van der Waals surface area contributed by atoms with Crippen molar-refractivity contribution in [3.63, 3.8) is 0 Å². The monoisotopic (exact) mass is 333 g/mol. The maximum atomic E-state index is 10.8. The van der Waals surface area contributed by atoms with Gasteiger partial charge in [-0.05, 0) is 54.1 Å². The van der Waals surface area contributed by atoms with E-state index in [0.717, 1.165) is 11.4 Å². The summed E-state index contributed by atoms with van der Waals surface area (Å²) in [5.74, 6) is -0.363. The third-order valence-corrected chi connectivity index (χ3v) is 3.49. The van der Waals surface area contributed by atoms with E-state index in [9.17, 15) is 15.2 Å². The summed E-state index contributed by atoms with van der Waals surface area (Å²) in [6.07, 6.45) is 1.52. The fourth-order valence-electron chi connectivity index (χ4n) is 2.24. The van der Waals surface area contributed by atoms with E-state index in [1.165, 1.54) is 18.3 Å². The summed E-state index contributed by atoms with van der Waals surface area (Å²) in [4.78, 5) is 14.5. The molecule has 3 aromatic rings. The second-order valence-electron chi connectivity index (χ2n) is 5.30. The number of para-hydroxylation sites is 1. The molecule has 6 nitrogen and oxygen atoms in total. The number of nitro groups is 1. The quantitative estimate of drug-likeness (QED) is 0.399. The maximum Gasteiger partial charge on any atom is 0.311 e. The molecule has 25 heavy (non-hydrogen) atoms. The molecule has 2 N–H and O–H groups in total. The van der Waals surface area contributed by atoms with Gasteiger partial charge in [0.2, 0.25) is 0 Å². The highest BCUT2D eigenvalue weighted by Crippen LogP contribution is 2.26. The van der Waals surface area contributed by atoms with E-state index in [-0.39, 0.29) is 11.4 Å². The Bertz CT molecular complexity index is 907. The lowest BCUT2D eigenvalue weighted by atomic mass is 10.2. The average Bonchev–Trinajstić information content (AvgIpc) is 2.63. The Kier molecular flexibility index (Phi) is 4.71. The fraction of sp³-hybridized carbons (Fsp3) is 0. The lowest BCUT2D eigenvalue weighted by Gasteiger charge is -2.06. The van der Waals surface area contributed by atoms with Crippen molar-refractivity contribution in [1.82, 2.24) is 0 Å². The minimum Gasteiger partial charge on any atom is -0.502 e. The molecule has 0 aromatic heterocycles. The summed E-state index contributed by atoms with van der Waals surface area (Å²) in [6, 6.07) is 21.4. The number of nitrogens with zero attached hydrogens (tertiary/aromatic N) is 2. The number of nitrogens with one attached hydrogen (secondary N) is 1. The molecule has 0 heterocycles. The van der Waals surface area contributed by atoms with Crippen molar-refractivity contribution in [3.8, 4) is 5.75 Å². The normalized spacial score (nSPS) is 10.7. The van der Waals surface area contributed by atoms with Gasteiger partial charge in [-0.25, -0.2) is 0 Å². The van der Waals surface area contributed by atoms with E-state index < -0.39 is 4.92 Å². The molecule has 6 heteroatoms. The topological polar surface area (TPSA) is 87.8 Å². The minimum atomic E-state index is -0.628. The van der Waals surface area contributed by atoms with Crippen LogP contribution in [0, 0.1) is 10.1 Å². The van der Waals surface area contributed by atoms with Crippen LogP contribution in [-0.2, 0) is 0 Å². The van der Waals surface area contributed by atoms with Crippen LogP contribution in [0.15, 0.2) is 77.8 Å². The molecule has 0 amide bonds. The number of aromatic hydroxyl groups is 1. The molecule has 0 aliphatic carbocycles. The minimum absolute atomic E-state index is 0.341. The van der Waals surface area contributed by atoms with Crippen LogP contribution in [0.1, 0.15) is 5.56 Å². The molecule has 0 saturated carbocycles. The first-order valence-electron chi connectivity index (χ1n) is 7.55. The van der Waals surface area contributed by atoms with Crippen molar-refractivity contribution >= 4 is 29.0 Å². The Labute approximate surface area is 144 Å². The molecule has 3 aromatic carbocycles. The Balaban J connectivity index is 1.72. The van der Waals surface area contributed by atoms with E-state index in [2.05, 4.69) is 10.3 Å². The lowest BCUT2D eigenvalue weighted by Crippen LogP contribution is -1.91. The SMILES string of the molecule is O=[N+]([O-])c1cc(C=Nc2ccc(Nc3ccccc3)cc2)ccc1O. The Hall–Kier alpha value is -3.67. The van der Waals surface area contributed by atoms with Crippen LogP contribution < -0.4 is 5.32 Å². The molecule has 0 atom stereocenters. The van der Waals surface area contributed by atoms with Gasteiger partial charge in [0.05, 0.1) is 10.6 Å². The molecule has 0 aliphatic rings. The zero-order chi connectivity index (χ0) is 17.6. The molecule has 0 saturated heterocycles. The molecule has 3 rings (SSSR count). The molecule has 0 spiro atoms. The maximum absolute atomic E-state index is 10.8. The second kappa shape index (κ2) is 7.27. The highest BCUT2D eigenvalue weighted by molar-refractivity contribution is 5.83. The third-order valence-electron chi connectivity index (χ3n) is 3.49. The van der Waals surface area contributed by atoms with Crippen molar-refractivity contribution in [2.75, 3.05) is 5.32 Å². The molecular weight excluding hydrogens is 318 g/mol. The second-order valence-corrected chi connectivity index (χ2v) is 5.30. The molecule has 0 aliphatic heterocycles. The van der Waals surface area contributed by atoms with Gasteiger partial charge >= 0.3 is 5.69 Å². The lowest BCUT2D eigenvalue weighted by molar-refractivity contribution is -0.385. The number of hydrogen-bond donors (Lipinski definition) is 2. The molecular formula is C19H15N3O3. The number of phenols is 1. The van der Waals surface area contributed by atoms with Gasteiger partial charge in [-0.1, -0.05) is 18.2 Å². The van der Waals surface area contributed by atoms with Gasteiger partial charge in [0.15, 0.2) is 5.75 Å². The van der Waals surface area contributed by atoms with Gasteiger partial charge in [-0.15, -0.1) is 0 Å². The van der Waals surface area contributed by atoms with Gasteiger partial charge in [0.1, 0.15) is 0 Å². The number of phenolic OH excluding ortho intramolecular Hbond substituents is 1. The summed E-state index contributed by atoms with van der Waals surface area (Å²) in [5, 5.41) is 23.6. The van der Waals surface area contributed by atoms with Gasteiger partial charge < -0.3 is 10.4 Å². The number of benzene rings is 3. The number of anilines is 2. The Morgan fingerprint density at radius 2 is 1.64 bits per heavy atom. The zero-order valence-corrected chi connectivity index (χ0v) is 13.2. The van der Waals surface area contributed by atoms with E-state index in [4.69, 9.17) is 0 Å². The van der Waals surface area contributed by atoms with Crippen LogP contribution in [0.3, 0.4) is 0 Å². The largest absolute Gasteiger partial charge is 0.502 e. The van der Waals surface area contributed by atoms with E-state index in [0.29, 0.717) is 11.3 Å². The van der Waals surface area contributed by atoms with Gasteiger partial charge in [0.25, 0.3) is 0 Å². The molecule has 0 radical (unpaired) electrons. The number of hydrogen-bond acceptors (Lipinski definition) is 5. The van der Waals surface area contributed by atoms with Gasteiger partial charge in [-0.3, -0.25) is 15.1 Å². The first-order valence-corrected chi connectivity index (χ1v) is 7.55. The van der Waals surface area contributed by atoms with Gasteiger partial charge in [-0.2, -0.15) is 0 Å². The third kappa shape index (κ3) is 4.20. The molecule has 124 valence electrons. The van der Waals surface area contributed by atoms with Crippen LogP contribution in [0.5, 0.6) is 5.75 Å². The Morgan fingerprint density at radius 1 is 0.960 bits per heavy atom. The first kappa shape index (κ1) is 16.2. The highest BCUT2D eigenvalue weighted by Gasteiger charge is 2.12. The summed E-state index contributed by atoms with van der Waals surface area (Å²) in [7, 11) is 0. The van der Waals surface area contributed by atoms with Crippen molar-refractivity contribution in [2.45, 2.75) is 0 Å². The van der Waals surface area contributed by atoms with Crippen molar-refractivity contribution in [1.29, 1.82) is 0 Å². The Morgan fingerprint density at radius 3 is 2.32 bits per heavy atom. The van der Waals surface area contributed by atoms with Crippen molar-refractivity contribution in [2.24, 2.45) is 4.99 Å². The number of nitro benzene ring substituents is 1. The van der Waals surface area contributed by atoms with Crippen LogP contribution in [0.25, 0.3) is 0 Å². The highest BCUT2D eigenvalue weighted by atomic mass is 16.6. The van der Waals surface area contributed by atoms with Crippen molar-refractivity contribution < 1.29 is 10.0 Å². The molecule has 0 unspecified atom stereocenters. The standard InChI is InChI=1S/C19H15N3O3/c23-19-11-6-14(12-18(19)22(24)25)13-20-15-7-9-17(10-8-15)21-16-4-2-1-3-5-16/h1-13,21,23H. The number of rotatable bonds is 5.